The molecule has 1 atom stereocenters. The van der Waals surface area contributed by atoms with E-state index in [4.69, 9.17) is 5.73 Å². The van der Waals surface area contributed by atoms with Crippen LogP contribution < -0.4 is 5.73 Å². The minimum Gasteiger partial charge on any atom is -0.341 e. The molecular weight excluding hydrogens is 266 g/mol. The van der Waals surface area contributed by atoms with Crippen LogP contribution in [0.15, 0.2) is 0 Å². The van der Waals surface area contributed by atoms with E-state index in [0.717, 1.165) is 58.2 Å². The van der Waals surface area contributed by atoms with Crippen LogP contribution in [-0.4, -0.2) is 53.8 Å². The van der Waals surface area contributed by atoms with Crippen LogP contribution in [0.1, 0.15) is 51.9 Å². The standard InChI is InChI=1S/C16H29N3O2/c1-2-5-15(20)19-9-4-3-6-14(19)16(21)18-10-7-13(12-17)8-11-18/h13-14H,2-12,17H2,1H3. The van der Waals surface area contributed by atoms with E-state index in [1.54, 1.807) is 0 Å². The molecule has 2 N–H and O–H groups in total. The molecule has 1 unspecified atom stereocenters. The number of hydrogen-bond acceptors (Lipinski definition) is 3. The fraction of sp³-hybridized carbons (Fsp3) is 0.875. The van der Waals surface area contributed by atoms with Gasteiger partial charge in [-0.05, 0) is 51.0 Å². The quantitative estimate of drug-likeness (QED) is 0.851. The Bertz CT molecular complexity index is 365. The van der Waals surface area contributed by atoms with Crippen LogP contribution in [0.25, 0.3) is 0 Å². The Balaban J connectivity index is 1.97. The summed E-state index contributed by atoms with van der Waals surface area (Å²) in [6, 6.07) is -0.216. The molecule has 0 aromatic heterocycles. The van der Waals surface area contributed by atoms with E-state index in [2.05, 4.69) is 0 Å². The molecule has 2 fully saturated rings. The summed E-state index contributed by atoms with van der Waals surface area (Å²) in [4.78, 5) is 28.8. The lowest BCUT2D eigenvalue weighted by Gasteiger charge is -2.40. The van der Waals surface area contributed by atoms with E-state index in [0.29, 0.717) is 18.9 Å². The summed E-state index contributed by atoms with van der Waals surface area (Å²) < 4.78 is 0. The lowest BCUT2D eigenvalue weighted by molar-refractivity contribution is -0.148. The largest absolute Gasteiger partial charge is 0.341 e. The van der Waals surface area contributed by atoms with E-state index in [9.17, 15) is 9.59 Å². The Morgan fingerprint density at radius 3 is 2.43 bits per heavy atom. The van der Waals surface area contributed by atoms with Gasteiger partial charge in [-0.15, -0.1) is 0 Å². The van der Waals surface area contributed by atoms with Gasteiger partial charge < -0.3 is 15.5 Å². The molecule has 2 amide bonds. The number of carbonyl (C=O) groups excluding carboxylic acids is 2. The van der Waals surface area contributed by atoms with Crippen molar-refractivity contribution in [2.45, 2.75) is 57.9 Å². The second-order valence-corrected chi connectivity index (χ2v) is 6.35. The van der Waals surface area contributed by atoms with E-state index in [-0.39, 0.29) is 17.9 Å². The first-order valence-electron chi connectivity index (χ1n) is 8.45. The average Bonchev–Trinajstić information content (AvgIpc) is 2.54. The van der Waals surface area contributed by atoms with Gasteiger partial charge in [-0.3, -0.25) is 9.59 Å². The van der Waals surface area contributed by atoms with Gasteiger partial charge in [0, 0.05) is 26.1 Å². The van der Waals surface area contributed by atoms with Gasteiger partial charge in [0.2, 0.25) is 11.8 Å². The van der Waals surface area contributed by atoms with Crippen molar-refractivity contribution in [2.75, 3.05) is 26.2 Å². The van der Waals surface area contributed by atoms with Gasteiger partial charge in [0.15, 0.2) is 0 Å². The lowest BCUT2D eigenvalue weighted by atomic mass is 9.95. The molecule has 0 spiro atoms. The summed E-state index contributed by atoms with van der Waals surface area (Å²) in [6.07, 6.45) is 6.29. The average molecular weight is 295 g/mol. The Hall–Kier alpha value is -1.10. The highest BCUT2D eigenvalue weighted by molar-refractivity contribution is 5.88. The number of piperidine rings is 2. The first-order chi connectivity index (χ1) is 10.2. The summed E-state index contributed by atoms with van der Waals surface area (Å²) in [5, 5.41) is 0. The van der Waals surface area contributed by atoms with E-state index in [1.807, 2.05) is 16.7 Å². The molecule has 2 aliphatic rings. The fourth-order valence-electron chi connectivity index (χ4n) is 3.44. The van der Waals surface area contributed by atoms with Gasteiger partial charge in [0.1, 0.15) is 6.04 Å². The summed E-state index contributed by atoms with van der Waals surface area (Å²) in [5.74, 6) is 0.861. The van der Waals surface area contributed by atoms with Crippen molar-refractivity contribution in [1.82, 2.24) is 9.80 Å². The van der Waals surface area contributed by atoms with Gasteiger partial charge in [0.25, 0.3) is 0 Å². The molecule has 2 heterocycles. The highest BCUT2D eigenvalue weighted by Gasteiger charge is 2.35. The zero-order valence-corrected chi connectivity index (χ0v) is 13.2. The molecule has 0 aliphatic carbocycles. The second kappa shape index (κ2) is 7.78. The maximum atomic E-state index is 12.8. The number of amides is 2. The number of rotatable bonds is 4. The number of nitrogens with zero attached hydrogens (tertiary/aromatic N) is 2. The molecule has 2 aliphatic heterocycles. The monoisotopic (exact) mass is 295 g/mol. The molecule has 0 saturated carbocycles. The molecule has 21 heavy (non-hydrogen) atoms. The van der Waals surface area contributed by atoms with E-state index in [1.165, 1.54) is 0 Å². The summed E-state index contributed by atoms with van der Waals surface area (Å²) >= 11 is 0. The molecule has 2 rings (SSSR count). The Kier molecular flexibility index (Phi) is 6.03. The molecular formula is C16H29N3O2. The molecule has 5 nitrogen and oxygen atoms in total. The number of likely N-dealkylation sites (tertiary alicyclic amines) is 2. The van der Waals surface area contributed by atoms with Crippen molar-refractivity contribution in [3.63, 3.8) is 0 Å². The summed E-state index contributed by atoms with van der Waals surface area (Å²) in [7, 11) is 0. The van der Waals surface area contributed by atoms with Crippen LogP contribution in [0.3, 0.4) is 0 Å². The number of nitrogens with two attached hydrogens (primary N) is 1. The predicted octanol–water partition coefficient (Wildman–Crippen LogP) is 1.36. The van der Waals surface area contributed by atoms with Gasteiger partial charge in [0.05, 0.1) is 0 Å². The van der Waals surface area contributed by atoms with Crippen LogP contribution in [0.5, 0.6) is 0 Å². The topological polar surface area (TPSA) is 66.6 Å². The molecule has 0 radical (unpaired) electrons. The highest BCUT2D eigenvalue weighted by atomic mass is 16.2. The van der Waals surface area contributed by atoms with Crippen molar-refractivity contribution in [2.24, 2.45) is 11.7 Å². The minimum atomic E-state index is -0.216. The van der Waals surface area contributed by atoms with Gasteiger partial charge in [-0.25, -0.2) is 0 Å². The van der Waals surface area contributed by atoms with Crippen LogP contribution in [0.4, 0.5) is 0 Å². The second-order valence-electron chi connectivity index (χ2n) is 6.35. The fourth-order valence-corrected chi connectivity index (χ4v) is 3.44. The highest BCUT2D eigenvalue weighted by Crippen LogP contribution is 2.23. The minimum absolute atomic E-state index is 0.146. The Labute approximate surface area is 127 Å². The third kappa shape index (κ3) is 3.96. The molecule has 0 aromatic carbocycles. The van der Waals surface area contributed by atoms with Crippen LogP contribution in [0.2, 0.25) is 0 Å². The van der Waals surface area contributed by atoms with Crippen molar-refractivity contribution < 1.29 is 9.59 Å². The van der Waals surface area contributed by atoms with Crippen LogP contribution >= 0.6 is 0 Å². The molecule has 5 heteroatoms. The first kappa shape index (κ1) is 16.3. The Morgan fingerprint density at radius 2 is 1.81 bits per heavy atom. The van der Waals surface area contributed by atoms with Gasteiger partial charge in [-0.1, -0.05) is 6.92 Å². The van der Waals surface area contributed by atoms with E-state index < -0.39 is 0 Å². The predicted molar refractivity (Wildman–Crippen MR) is 82.6 cm³/mol. The molecule has 120 valence electrons. The SMILES string of the molecule is CCCC(=O)N1CCCCC1C(=O)N1CCC(CN)CC1. The third-order valence-corrected chi connectivity index (χ3v) is 4.83. The lowest BCUT2D eigenvalue weighted by Crippen LogP contribution is -2.54. The van der Waals surface area contributed by atoms with Crippen molar-refractivity contribution in [3.8, 4) is 0 Å². The van der Waals surface area contributed by atoms with Crippen molar-refractivity contribution in [1.29, 1.82) is 0 Å². The smallest absolute Gasteiger partial charge is 0.245 e. The first-order valence-corrected chi connectivity index (χ1v) is 8.45. The summed E-state index contributed by atoms with van der Waals surface area (Å²) in [6.45, 7) is 5.07. The maximum Gasteiger partial charge on any atom is 0.245 e. The van der Waals surface area contributed by atoms with Gasteiger partial charge >= 0.3 is 0 Å². The van der Waals surface area contributed by atoms with E-state index >= 15 is 0 Å². The number of carbonyl (C=O) groups is 2. The zero-order chi connectivity index (χ0) is 15.2. The normalized spacial score (nSPS) is 24.2. The molecule has 0 aromatic rings. The van der Waals surface area contributed by atoms with Crippen molar-refractivity contribution in [3.05, 3.63) is 0 Å². The van der Waals surface area contributed by atoms with Crippen LogP contribution in [-0.2, 0) is 9.59 Å². The van der Waals surface area contributed by atoms with Crippen LogP contribution in [0, 0.1) is 5.92 Å². The Morgan fingerprint density at radius 1 is 1.10 bits per heavy atom. The summed E-state index contributed by atoms with van der Waals surface area (Å²) in [5.41, 5.74) is 5.71. The third-order valence-electron chi connectivity index (χ3n) is 4.83. The number of hydrogen-bond donors (Lipinski definition) is 1. The van der Waals surface area contributed by atoms with Gasteiger partial charge in [-0.2, -0.15) is 0 Å². The molecule has 0 bridgehead atoms. The maximum absolute atomic E-state index is 12.8. The van der Waals surface area contributed by atoms with Crippen molar-refractivity contribution >= 4 is 11.8 Å². The molecule has 2 saturated heterocycles. The zero-order valence-electron chi connectivity index (χ0n) is 13.2.